The Morgan fingerprint density at radius 2 is 1.80 bits per heavy atom. The molecule has 2 aromatic rings. The molecule has 0 aliphatic heterocycles. The number of aryl methyl sites for hydroxylation is 1. The zero-order valence-electron chi connectivity index (χ0n) is 22.1. The molecule has 0 bridgehead atoms. The van der Waals surface area contributed by atoms with E-state index in [1.807, 2.05) is 25.2 Å². The van der Waals surface area contributed by atoms with E-state index in [0.29, 0.717) is 23.4 Å². The SMILES string of the molecule is C/C=C(C)/C=C/C=C/C(OC)C(C)C(OC)C(C)CCc1oc2c(N)c(N)cc(N)c2c(=O)c1C. The fraction of sp³-hybridized carbons (Fsp3) is 0.464. The third-order valence-corrected chi connectivity index (χ3v) is 6.79. The third kappa shape index (κ3) is 6.55. The van der Waals surface area contributed by atoms with Crippen molar-refractivity contribution in [1.29, 1.82) is 0 Å². The normalized spacial score (nSPS) is 16.3. The maximum absolute atomic E-state index is 13.0. The summed E-state index contributed by atoms with van der Waals surface area (Å²) in [5.41, 5.74) is 20.7. The Morgan fingerprint density at radius 1 is 1.11 bits per heavy atom. The van der Waals surface area contributed by atoms with Crippen LogP contribution in [0.2, 0.25) is 0 Å². The highest BCUT2D eigenvalue weighted by Crippen LogP contribution is 2.32. The van der Waals surface area contributed by atoms with Crippen molar-refractivity contribution in [2.75, 3.05) is 31.4 Å². The number of rotatable bonds is 11. The van der Waals surface area contributed by atoms with E-state index in [1.54, 1.807) is 21.1 Å². The second-order valence-corrected chi connectivity index (χ2v) is 9.20. The maximum atomic E-state index is 13.0. The van der Waals surface area contributed by atoms with Crippen LogP contribution in [0.5, 0.6) is 0 Å². The van der Waals surface area contributed by atoms with Crippen molar-refractivity contribution in [1.82, 2.24) is 0 Å². The fourth-order valence-corrected chi connectivity index (χ4v) is 4.43. The quantitative estimate of drug-likeness (QED) is 0.297. The first kappa shape index (κ1) is 28.2. The number of methoxy groups -OCH3 is 2. The molecule has 0 spiro atoms. The number of anilines is 3. The summed E-state index contributed by atoms with van der Waals surface area (Å²) in [6.45, 7) is 10.1. The molecule has 192 valence electrons. The highest BCUT2D eigenvalue weighted by atomic mass is 16.5. The van der Waals surface area contributed by atoms with Crippen LogP contribution in [-0.2, 0) is 15.9 Å². The molecular weight excluding hydrogens is 442 g/mol. The molecule has 0 saturated carbocycles. The van der Waals surface area contributed by atoms with E-state index in [1.165, 1.54) is 11.6 Å². The molecule has 1 aromatic heterocycles. The van der Waals surface area contributed by atoms with E-state index in [2.05, 4.69) is 32.9 Å². The monoisotopic (exact) mass is 483 g/mol. The van der Waals surface area contributed by atoms with Gasteiger partial charge in [-0.05, 0) is 39.2 Å². The van der Waals surface area contributed by atoms with Gasteiger partial charge in [0.05, 0.1) is 29.0 Å². The van der Waals surface area contributed by atoms with Gasteiger partial charge in [0.15, 0.2) is 11.0 Å². The van der Waals surface area contributed by atoms with Crippen molar-refractivity contribution in [2.45, 2.75) is 59.7 Å². The first-order chi connectivity index (χ1) is 16.6. The topological polar surface area (TPSA) is 127 Å². The summed E-state index contributed by atoms with van der Waals surface area (Å²) in [5.74, 6) is 0.860. The van der Waals surface area contributed by atoms with Gasteiger partial charge in [-0.15, -0.1) is 0 Å². The van der Waals surface area contributed by atoms with Crippen LogP contribution in [0.25, 0.3) is 11.0 Å². The first-order valence-electron chi connectivity index (χ1n) is 12.0. The van der Waals surface area contributed by atoms with E-state index < -0.39 is 0 Å². The van der Waals surface area contributed by atoms with E-state index in [-0.39, 0.29) is 51.8 Å². The minimum Gasteiger partial charge on any atom is -0.458 e. The number of benzene rings is 1. The lowest BCUT2D eigenvalue weighted by atomic mass is 9.85. The highest BCUT2D eigenvalue weighted by molar-refractivity contribution is 6.01. The smallest absolute Gasteiger partial charge is 0.198 e. The molecular formula is C28H41N3O4. The molecule has 35 heavy (non-hydrogen) atoms. The van der Waals surface area contributed by atoms with Gasteiger partial charge in [-0.25, -0.2) is 0 Å². The van der Waals surface area contributed by atoms with Gasteiger partial charge in [0.2, 0.25) is 0 Å². The number of allylic oxidation sites excluding steroid dienone is 5. The fourth-order valence-electron chi connectivity index (χ4n) is 4.43. The van der Waals surface area contributed by atoms with Crippen LogP contribution in [-0.4, -0.2) is 26.4 Å². The summed E-state index contributed by atoms with van der Waals surface area (Å²) in [6, 6.07) is 1.50. The Labute approximate surface area is 208 Å². The average Bonchev–Trinajstić information content (AvgIpc) is 2.83. The minimum atomic E-state index is -0.180. The van der Waals surface area contributed by atoms with E-state index >= 15 is 0 Å². The molecule has 0 aliphatic carbocycles. The molecule has 6 N–H and O–H groups in total. The predicted molar refractivity (Wildman–Crippen MR) is 146 cm³/mol. The Bertz CT molecular complexity index is 1160. The van der Waals surface area contributed by atoms with Crippen molar-refractivity contribution in [3.63, 3.8) is 0 Å². The molecule has 1 heterocycles. The largest absolute Gasteiger partial charge is 0.458 e. The van der Waals surface area contributed by atoms with Crippen molar-refractivity contribution in [3.05, 3.63) is 63.6 Å². The lowest BCUT2D eigenvalue weighted by Gasteiger charge is -2.32. The van der Waals surface area contributed by atoms with Gasteiger partial charge in [-0.2, -0.15) is 0 Å². The van der Waals surface area contributed by atoms with Gasteiger partial charge in [-0.1, -0.05) is 49.8 Å². The second kappa shape index (κ2) is 12.6. The van der Waals surface area contributed by atoms with E-state index in [0.717, 1.165) is 6.42 Å². The molecule has 2 rings (SSSR count). The molecule has 1 aromatic carbocycles. The van der Waals surface area contributed by atoms with Crippen LogP contribution in [0.1, 0.15) is 45.4 Å². The van der Waals surface area contributed by atoms with Gasteiger partial charge >= 0.3 is 0 Å². The Kier molecular flexibility index (Phi) is 10.2. The molecule has 0 aliphatic rings. The average molecular weight is 484 g/mol. The lowest BCUT2D eigenvalue weighted by molar-refractivity contribution is -0.0343. The van der Waals surface area contributed by atoms with Gasteiger partial charge in [0.25, 0.3) is 0 Å². The van der Waals surface area contributed by atoms with Crippen molar-refractivity contribution >= 4 is 28.0 Å². The van der Waals surface area contributed by atoms with Crippen LogP contribution in [0.15, 0.2) is 51.2 Å². The molecule has 7 nitrogen and oxygen atoms in total. The van der Waals surface area contributed by atoms with E-state index in [9.17, 15) is 4.79 Å². The van der Waals surface area contributed by atoms with E-state index in [4.69, 9.17) is 31.1 Å². The van der Waals surface area contributed by atoms with Crippen LogP contribution in [0.3, 0.4) is 0 Å². The van der Waals surface area contributed by atoms with Crippen molar-refractivity contribution in [3.8, 4) is 0 Å². The number of nitrogen functional groups attached to an aromatic ring is 3. The second-order valence-electron chi connectivity index (χ2n) is 9.20. The molecule has 0 fully saturated rings. The molecule has 0 saturated heterocycles. The highest BCUT2D eigenvalue weighted by Gasteiger charge is 2.29. The van der Waals surface area contributed by atoms with Gasteiger partial charge in [0, 0.05) is 37.8 Å². The number of ether oxygens (including phenoxy) is 2. The zero-order chi connectivity index (χ0) is 26.3. The molecule has 4 atom stereocenters. The number of hydrogen-bond donors (Lipinski definition) is 3. The number of hydrogen-bond acceptors (Lipinski definition) is 7. The van der Waals surface area contributed by atoms with Crippen molar-refractivity contribution in [2.24, 2.45) is 11.8 Å². The summed E-state index contributed by atoms with van der Waals surface area (Å²) >= 11 is 0. The van der Waals surface area contributed by atoms with Gasteiger partial charge < -0.3 is 31.1 Å². The summed E-state index contributed by atoms with van der Waals surface area (Å²) < 4.78 is 17.7. The molecule has 4 unspecified atom stereocenters. The van der Waals surface area contributed by atoms with Gasteiger partial charge in [-0.3, -0.25) is 4.79 Å². The van der Waals surface area contributed by atoms with Crippen LogP contribution < -0.4 is 22.6 Å². The third-order valence-electron chi connectivity index (χ3n) is 6.79. The Hall–Kier alpha value is -3.03. The van der Waals surface area contributed by atoms with Gasteiger partial charge in [0.1, 0.15) is 5.76 Å². The summed E-state index contributed by atoms with van der Waals surface area (Å²) in [6.07, 6.45) is 11.3. The Morgan fingerprint density at radius 3 is 2.40 bits per heavy atom. The van der Waals surface area contributed by atoms with Crippen LogP contribution in [0, 0.1) is 18.8 Å². The molecule has 0 radical (unpaired) electrons. The summed E-state index contributed by atoms with van der Waals surface area (Å²) in [5, 5.41) is 0.280. The lowest BCUT2D eigenvalue weighted by Crippen LogP contribution is -2.36. The summed E-state index contributed by atoms with van der Waals surface area (Å²) in [4.78, 5) is 13.0. The summed E-state index contributed by atoms with van der Waals surface area (Å²) in [7, 11) is 3.43. The Balaban J connectivity index is 2.22. The molecule has 7 heteroatoms. The number of fused-ring (bicyclic) bond motifs is 1. The van der Waals surface area contributed by atoms with Crippen LogP contribution in [0.4, 0.5) is 17.1 Å². The van der Waals surface area contributed by atoms with Crippen LogP contribution >= 0.6 is 0 Å². The van der Waals surface area contributed by atoms with Crippen molar-refractivity contribution < 1.29 is 13.9 Å². The standard InChI is InChI=1S/C28H41N3O4/c1-8-16(2)11-9-10-12-22(33-6)19(5)27(34-7)17(3)13-14-23-18(4)26(32)24-20(29)15-21(30)25(31)28(24)35-23/h8-12,15,17,19,22,27H,13-14,29-31H2,1-7H3/b11-9+,12-10+,16-8+. The minimum absolute atomic E-state index is 0.0605. The first-order valence-corrected chi connectivity index (χ1v) is 12.0. The zero-order valence-corrected chi connectivity index (χ0v) is 22.1. The maximum Gasteiger partial charge on any atom is 0.198 e. The number of nitrogens with two attached hydrogens (primary N) is 3. The molecule has 0 amide bonds. The predicted octanol–water partition coefficient (Wildman–Crippen LogP) is 5.16.